The van der Waals surface area contributed by atoms with Gasteiger partial charge in [0, 0.05) is 51.1 Å². The van der Waals surface area contributed by atoms with E-state index in [1.807, 2.05) is 0 Å². The summed E-state index contributed by atoms with van der Waals surface area (Å²) in [4.78, 5) is 30.6. The number of ether oxygens (including phenoxy) is 1. The highest BCUT2D eigenvalue weighted by molar-refractivity contribution is 5.71. The molecule has 1 spiro atoms. The van der Waals surface area contributed by atoms with Crippen LogP contribution in [0.5, 0.6) is 0 Å². The highest BCUT2D eigenvalue weighted by atomic mass is 16.6. The molecular weight excluding hydrogens is 406 g/mol. The summed E-state index contributed by atoms with van der Waals surface area (Å²) in [6.45, 7) is 8.46. The number of amides is 2. The van der Waals surface area contributed by atoms with Crippen LogP contribution in [0.25, 0.3) is 0 Å². The fraction of sp³-hybridized carbons (Fsp3) is 0.920. The van der Waals surface area contributed by atoms with E-state index in [0.717, 1.165) is 64.6 Å². The van der Waals surface area contributed by atoms with E-state index in [2.05, 4.69) is 23.6 Å². The van der Waals surface area contributed by atoms with Crippen LogP contribution in [0.2, 0.25) is 0 Å². The van der Waals surface area contributed by atoms with Gasteiger partial charge in [0.2, 0.25) is 0 Å². The van der Waals surface area contributed by atoms with Crippen LogP contribution in [0.3, 0.4) is 0 Å². The first kappa shape index (κ1) is 23.7. The first-order valence-electron chi connectivity index (χ1n) is 13.1. The lowest BCUT2D eigenvalue weighted by molar-refractivity contribution is -0.0603. The number of hydrogen-bond acceptors (Lipinski definition) is 4. The predicted octanol–water partition coefficient (Wildman–Crippen LogP) is 4.94. The molecule has 4 rings (SSSR count). The number of hydrogen-bond donors (Lipinski definition) is 1. The van der Waals surface area contributed by atoms with E-state index in [-0.39, 0.29) is 23.3 Å². The van der Waals surface area contributed by atoms with Crippen molar-refractivity contribution in [1.29, 1.82) is 0 Å². The Bertz CT molecular complexity index is 662. The molecule has 182 valence electrons. The van der Waals surface area contributed by atoms with Gasteiger partial charge in [0.15, 0.2) is 0 Å². The van der Waals surface area contributed by atoms with E-state index in [9.17, 15) is 14.7 Å². The molecule has 4 fully saturated rings. The number of likely N-dealkylation sites (tertiary alicyclic amines) is 2. The number of unbranched alkanes of at least 4 members (excludes halogenated alkanes) is 1. The van der Waals surface area contributed by atoms with Crippen LogP contribution in [0.15, 0.2) is 0 Å². The zero-order valence-electron chi connectivity index (χ0n) is 20.2. The van der Waals surface area contributed by atoms with Crippen molar-refractivity contribution in [2.24, 2.45) is 5.92 Å². The van der Waals surface area contributed by atoms with E-state index in [4.69, 9.17) is 4.74 Å². The summed E-state index contributed by atoms with van der Waals surface area (Å²) in [7, 11) is 0. The summed E-state index contributed by atoms with van der Waals surface area (Å²) in [5, 5.41) is 9.28. The van der Waals surface area contributed by atoms with E-state index in [1.54, 1.807) is 0 Å². The quantitative estimate of drug-likeness (QED) is 0.621. The predicted molar refractivity (Wildman–Crippen MR) is 124 cm³/mol. The highest BCUT2D eigenvalue weighted by Crippen LogP contribution is 2.44. The molecule has 1 atom stereocenters. The second kappa shape index (κ2) is 9.78. The molecule has 3 saturated heterocycles. The normalized spacial score (nSPS) is 28.8. The third kappa shape index (κ3) is 4.73. The van der Waals surface area contributed by atoms with Crippen molar-refractivity contribution in [3.63, 3.8) is 0 Å². The van der Waals surface area contributed by atoms with E-state index >= 15 is 0 Å². The molecule has 0 radical (unpaired) electrons. The molecular formula is C25H43N3O4. The van der Waals surface area contributed by atoms with Crippen LogP contribution in [0.4, 0.5) is 9.59 Å². The Morgan fingerprint density at radius 1 is 1.06 bits per heavy atom. The number of carboxylic acid groups (broad SMARTS) is 1. The molecule has 3 aliphatic heterocycles. The van der Waals surface area contributed by atoms with Gasteiger partial charge >= 0.3 is 12.2 Å². The van der Waals surface area contributed by atoms with E-state index in [1.165, 1.54) is 37.0 Å². The Labute approximate surface area is 193 Å². The van der Waals surface area contributed by atoms with Crippen molar-refractivity contribution in [1.82, 2.24) is 14.7 Å². The number of rotatable bonds is 6. The van der Waals surface area contributed by atoms with Crippen LogP contribution >= 0.6 is 0 Å². The molecule has 2 amide bonds. The fourth-order valence-corrected chi connectivity index (χ4v) is 6.73. The zero-order chi connectivity index (χ0) is 22.8. The van der Waals surface area contributed by atoms with Crippen molar-refractivity contribution in [3.05, 3.63) is 0 Å². The van der Waals surface area contributed by atoms with Crippen LogP contribution in [-0.4, -0.2) is 81.9 Å². The molecule has 0 aromatic rings. The topological polar surface area (TPSA) is 73.3 Å². The summed E-state index contributed by atoms with van der Waals surface area (Å²) < 4.78 is 6.25. The third-order valence-corrected chi connectivity index (χ3v) is 9.00. The summed E-state index contributed by atoms with van der Waals surface area (Å²) in [6, 6.07) is 0.209. The lowest BCUT2D eigenvalue weighted by atomic mass is 9.78. The number of carbonyl (C=O) groups is 2. The molecule has 0 aromatic carbocycles. The first-order chi connectivity index (χ1) is 15.4. The second-order valence-corrected chi connectivity index (χ2v) is 11.0. The summed E-state index contributed by atoms with van der Waals surface area (Å²) in [5.74, 6) is 0.633. The maximum atomic E-state index is 13.1. The van der Waals surface area contributed by atoms with Crippen molar-refractivity contribution >= 4 is 12.2 Å². The summed E-state index contributed by atoms with van der Waals surface area (Å²) >= 11 is 0. The van der Waals surface area contributed by atoms with Gasteiger partial charge in [0.05, 0.1) is 6.04 Å². The minimum atomic E-state index is -0.806. The molecule has 32 heavy (non-hydrogen) atoms. The Balaban J connectivity index is 1.41. The van der Waals surface area contributed by atoms with Crippen molar-refractivity contribution < 1.29 is 19.4 Å². The standard InChI is InChI=1S/C25H43N3O4/c1-3-4-10-21-25(32-23(31)28(21)19-20-8-6-5-7-9-20)13-17-27(18-14-25)24(2)11-15-26(16-12-24)22(29)30/h20-21H,3-19H2,1-2H3,(H,29,30). The first-order valence-corrected chi connectivity index (χ1v) is 13.1. The number of piperidine rings is 2. The van der Waals surface area contributed by atoms with Gasteiger partial charge in [-0.2, -0.15) is 0 Å². The molecule has 1 unspecified atom stereocenters. The molecule has 0 aromatic heterocycles. The van der Waals surface area contributed by atoms with Gasteiger partial charge in [0.1, 0.15) is 5.60 Å². The number of carbonyl (C=O) groups excluding carboxylic acids is 1. The Morgan fingerprint density at radius 2 is 1.72 bits per heavy atom. The van der Waals surface area contributed by atoms with Crippen molar-refractivity contribution in [3.8, 4) is 0 Å². The van der Waals surface area contributed by atoms with Gasteiger partial charge in [-0.1, -0.05) is 39.0 Å². The summed E-state index contributed by atoms with van der Waals surface area (Å²) in [6.07, 6.45) is 12.4. The monoisotopic (exact) mass is 449 g/mol. The molecule has 1 saturated carbocycles. The van der Waals surface area contributed by atoms with E-state index < -0.39 is 6.09 Å². The van der Waals surface area contributed by atoms with Crippen LogP contribution in [0.1, 0.15) is 90.9 Å². The van der Waals surface area contributed by atoms with Crippen molar-refractivity contribution in [2.75, 3.05) is 32.7 Å². The zero-order valence-corrected chi connectivity index (χ0v) is 20.2. The maximum absolute atomic E-state index is 13.1. The van der Waals surface area contributed by atoms with Crippen LogP contribution < -0.4 is 0 Å². The fourth-order valence-electron chi connectivity index (χ4n) is 6.73. The van der Waals surface area contributed by atoms with Gasteiger partial charge in [-0.3, -0.25) is 4.90 Å². The SMILES string of the molecule is CCCCC1N(CC2CCCCC2)C(=O)OC12CCN(C1(C)CCN(C(=O)O)CC1)CC2. The molecule has 0 bridgehead atoms. The average Bonchev–Trinajstić information content (AvgIpc) is 3.03. The summed E-state index contributed by atoms with van der Waals surface area (Å²) in [5.41, 5.74) is -0.299. The Hall–Kier alpha value is -1.50. The van der Waals surface area contributed by atoms with Gasteiger partial charge in [-0.25, -0.2) is 9.59 Å². The van der Waals surface area contributed by atoms with Gasteiger partial charge in [-0.15, -0.1) is 0 Å². The second-order valence-electron chi connectivity index (χ2n) is 11.0. The molecule has 7 heteroatoms. The molecule has 1 N–H and O–H groups in total. The maximum Gasteiger partial charge on any atom is 0.410 e. The minimum absolute atomic E-state index is 0.0386. The molecule has 1 aliphatic carbocycles. The van der Waals surface area contributed by atoms with E-state index in [0.29, 0.717) is 19.0 Å². The molecule has 7 nitrogen and oxygen atoms in total. The largest absolute Gasteiger partial charge is 0.465 e. The minimum Gasteiger partial charge on any atom is -0.465 e. The van der Waals surface area contributed by atoms with Gasteiger partial charge in [0.25, 0.3) is 0 Å². The van der Waals surface area contributed by atoms with Crippen LogP contribution in [0, 0.1) is 5.92 Å². The smallest absolute Gasteiger partial charge is 0.410 e. The third-order valence-electron chi connectivity index (χ3n) is 9.00. The molecule has 4 aliphatic rings. The van der Waals surface area contributed by atoms with Gasteiger partial charge in [-0.05, 0) is 44.9 Å². The Kier molecular flexibility index (Phi) is 7.23. The average molecular weight is 450 g/mol. The Morgan fingerprint density at radius 3 is 2.31 bits per heavy atom. The highest BCUT2D eigenvalue weighted by Gasteiger charge is 2.55. The van der Waals surface area contributed by atoms with Gasteiger partial charge < -0.3 is 19.6 Å². The van der Waals surface area contributed by atoms with Crippen molar-refractivity contribution in [2.45, 2.75) is 108 Å². The molecule has 3 heterocycles. The number of nitrogens with zero attached hydrogens (tertiary/aromatic N) is 3. The lowest BCUT2D eigenvalue weighted by Crippen LogP contribution is -2.60. The van der Waals surface area contributed by atoms with Crippen LogP contribution in [-0.2, 0) is 4.74 Å². The lowest BCUT2D eigenvalue weighted by Gasteiger charge is -2.51.